The van der Waals surface area contributed by atoms with Crippen LogP contribution in [0.2, 0.25) is 0 Å². The zero-order valence-corrected chi connectivity index (χ0v) is 17.5. The molecular weight excluding hydrogens is 399 g/mol. The van der Waals surface area contributed by atoms with Gasteiger partial charge in [-0.3, -0.25) is 14.6 Å². The second kappa shape index (κ2) is 8.42. The second-order valence-corrected chi connectivity index (χ2v) is 8.11. The first-order valence-electron chi connectivity index (χ1n) is 10.6. The van der Waals surface area contributed by atoms with Gasteiger partial charge >= 0.3 is 0 Å². The van der Waals surface area contributed by atoms with Crippen LogP contribution in [0.15, 0.2) is 36.1 Å². The van der Waals surface area contributed by atoms with Crippen molar-refractivity contribution in [3.8, 4) is 11.5 Å². The number of carbonyl (C=O) groups is 1. The lowest BCUT2D eigenvalue weighted by Gasteiger charge is -2.33. The Morgan fingerprint density at radius 2 is 1.87 bits per heavy atom. The van der Waals surface area contributed by atoms with Crippen LogP contribution in [0.4, 0.5) is 4.39 Å². The van der Waals surface area contributed by atoms with Crippen LogP contribution in [0.3, 0.4) is 0 Å². The van der Waals surface area contributed by atoms with Gasteiger partial charge in [-0.15, -0.1) is 0 Å². The van der Waals surface area contributed by atoms with Gasteiger partial charge in [-0.05, 0) is 25.1 Å². The third-order valence-electron chi connectivity index (χ3n) is 6.03. The van der Waals surface area contributed by atoms with Gasteiger partial charge in [0.2, 0.25) is 5.78 Å². The molecule has 0 aromatic heterocycles. The van der Waals surface area contributed by atoms with Crippen LogP contribution in [0, 0.1) is 12.7 Å². The quantitative estimate of drug-likeness (QED) is 0.703. The van der Waals surface area contributed by atoms with Crippen molar-refractivity contribution in [2.75, 3.05) is 46.1 Å². The Morgan fingerprint density at radius 1 is 1.10 bits per heavy atom. The van der Waals surface area contributed by atoms with Crippen LogP contribution in [0.1, 0.15) is 27.0 Å². The second-order valence-electron chi connectivity index (χ2n) is 8.11. The Balaban J connectivity index is 1.35. The molecule has 0 saturated carbocycles. The lowest BCUT2D eigenvalue weighted by molar-refractivity contribution is 0.0239. The van der Waals surface area contributed by atoms with Crippen molar-refractivity contribution in [1.29, 1.82) is 0 Å². The van der Waals surface area contributed by atoms with Crippen molar-refractivity contribution in [3.63, 3.8) is 0 Å². The summed E-state index contributed by atoms with van der Waals surface area (Å²) in [6, 6.07) is 8.19. The van der Waals surface area contributed by atoms with E-state index in [-0.39, 0.29) is 11.5 Å². The number of nitrogens with zero attached hydrogens (tertiary/aromatic N) is 2. The zero-order valence-electron chi connectivity index (χ0n) is 17.5. The topological polar surface area (TPSA) is 51.2 Å². The number of allylic oxidation sites excluding steroid dienone is 1. The predicted molar refractivity (Wildman–Crippen MR) is 114 cm³/mol. The molecule has 1 fully saturated rings. The van der Waals surface area contributed by atoms with Gasteiger partial charge in [0.15, 0.2) is 5.76 Å². The molecule has 0 bridgehead atoms. The fourth-order valence-electron chi connectivity index (χ4n) is 4.28. The summed E-state index contributed by atoms with van der Waals surface area (Å²) in [6.45, 7) is 8.46. The molecule has 6 nitrogen and oxygen atoms in total. The Bertz CT molecular complexity index is 1050. The van der Waals surface area contributed by atoms with E-state index >= 15 is 0 Å². The molecule has 0 aliphatic carbocycles. The Kier molecular flexibility index (Phi) is 5.48. The van der Waals surface area contributed by atoms with Crippen molar-refractivity contribution >= 4 is 11.9 Å². The number of Topliss-reactive ketones (excluding diaryl/α,β-unsaturated/α-hetero) is 1. The summed E-state index contributed by atoms with van der Waals surface area (Å²) >= 11 is 0. The third kappa shape index (κ3) is 3.96. The van der Waals surface area contributed by atoms with E-state index in [1.54, 1.807) is 18.2 Å². The molecule has 0 unspecified atom stereocenters. The Hall–Kier alpha value is -2.74. The van der Waals surface area contributed by atoms with E-state index in [0.29, 0.717) is 30.2 Å². The molecule has 1 saturated heterocycles. The number of ether oxygens (including phenoxy) is 3. The van der Waals surface area contributed by atoms with E-state index in [2.05, 4.69) is 9.80 Å². The van der Waals surface area contributed by atoms with E-state index < -0.39 is 5.82 Å². The maximum atomic E-state index is 14.0. The normalized spacial score (nSPS) is 20.3. The van der Waals surface area contributed by atoms with Crippen molar-refractivity contribution in [1.82, 2.24) is 9.80 Å². The molecule has 2 aromatic carbocycles. The molecule has 162 valence electrons. The molecule has 31 heavy (non-hydrogen) atoms. The molecule has 7 heteroatoms. The summed E-state index contributed by atoms with van der Waals surface area (Å²) in [5.41, 5.74) is 2.63. The van der Waals surface area contributed by atoms with Crippen molar-refractivity contribution in [2.45, 2.75) is 13.5 Å². The highest BCUT2D eigenvalue weighted by Gasteiger charge is 2.33. The number of halogens is 1. The highest BCUT2D eigenvalue weighted by Crippen LogP contribution is 2.43. The SMILES string of the molecule is Cc1c2c(cc3c1OC(=Cc1ccccc1F)C3=O)CN(CCN1CCOCC1)CO2. The minimum Gasteiger partial charge on any atom is -0.477 e. The largest absolute Gasteiger partial charge is 0.477 e. The Morgan fingerprint density at radius 3 is 2.68 bits per heavy atom. The van der Waals surface area contributed by atoms with E-state index in [4.69, 9.17) is 14.2 Å². The number of rotatable bonds is 4. The zero-order chi connectivity index (χ0) is 21.4. The van der Waals surface area contributed by atoms with E-state index in [1.165, 1.54) is 12.1 Å². The molecule has 0 amide bonds. The predicted octanol–water partition coefficient (Wildman–Crippen LogP) is 3.23. The molecule has 0 atom stereocenters. The first kappa shape index (κ1) is 20.2. The van der Waals surface area contributed by atoms with Gasteiger partial charge in [0.25, 0.3) is 0 Å². The lowest BCUT2D eigenvalue weighted by atomic mass is 10.00. The molecule has 3 heterocycles. The van der Waals surface area contributed by atoms with Gasteiger partial charge in [0, 0.05) is 49.4 Å². The summed E-state index contributed by atoms with van der Waals surface area (Å²) in [5, 5.41) is 0. The first-order chi connectivity index (χ1) is 15.1. The average Bonchev–Trinajstić information content (AvgIpc) is 3.10. The summed E-state index contributed by atoms with van der Waals surface area (Å²) in [4.78, 5) is 17.6. The molecule has 3 aliphatic rings. The number of carbonyl (C=O) groups excluding carboxylic acids is 1. The summed E-state index contributed by atoms with van der Waals surface area (Å²) in [7, 11) is 0. The van der Waals surface area contributed by atoms with Crippen molar-refractivity contribution in [3.05, 3.63) is 64.2 Å². The first-order valence-corrected chi connectivity index (χ1v) is 10.6. The number of benzene rings is 2. The fraction of sp³-hybridized carbons (Fsp3) is 0.375. The summed E-state index contributed by atoms with van der Waals surface area (Å²) in [6.07, 6.45) is 1.46. The standard InChI is InChI=1S/C24H25FN2O4/c1-16-23-18(14-27(15-30-23)7-6-26-8-10-29-11-9-26)12-19-22(28)21(31-24(16)19)13-17-4-2-3-5-20(17)25/h2-5,12-13H,6-11,14-15H2,1H3. The number of morpholine rings is 1. The molecule has 0 N–H and O–H groups in total. The van der Waals surface area contributed by atoms with Crippen LogP contribution < -0.4 is 9.47 Å². The number of fused-ring (bicyclic) bond motifs is 2. The van der Waals surface area contributed by atoms with Crippen LogP contribution in [0.25, 0.3) is 6.08 Å². The van der Waals surface area contributed by atoms with Gasteiger partial charge in [0.05, 0.1) is 18.8 Å². The van der Waals surface area contributed by atoms with Crippen LogP contribution in [-0.4, -0.2) is 61.7 Å². The molecule has 0 spiro atoms. The van der Waals surface area contributed by atoms with E-state index in [9.17, 15) is 9.18 Å². The maximum Gasteiger partial charge on any atom is 0.231 e. The van der Waals surface area contributed by atoms with Crippen LogP contribution in [-0.2, 0) is 11.3 Å². The average molecular weight is 424 g/mol. The molecule has 0 radical (unpaired) electrons. The van der Waals surface area contributed by atoms with Gasteiger partial charge in [-0.25, -0.2) is 4.39 Å². The van der Waals surface area contributed by atoms with Gasteiger partial charge < -0.3 is 14.2 Å². The van der Waals surface area contributed by atoms with E-state index in [0.717, 1.165) is 56.3 Å². The maximum absolute atomic E-state index is 14.0. The van der Waals surface area contributed by atoms with Crippen LogP contribution in [0.5, 0.6) is 11.5 Å². The Labute approximate surface area is 180 Å². The fourth-order valence-corrected chi connectivity index (χ4v) is 4.28. The number of ketones is 1. The van der Waals surface area contributed by atoms with Crippen molar-refractivity contribution < 1.29 is 23.4 Å². The van der Waals surface area contributed by atoms with E-state index in [1.807, 2.05) is 13.0 Å². The number of hydrogen-bond donors (Lipinski definition) is 0. The minimum atomic E-state index is -0.391. The third-order valence-corrected chi connectivity index (χ3v) is 6.03. The molecule has 3 aliphatic heterocycles. The van der Waals surface area contributed by atoms with Crippen molar-refractivity contribution in [2.24, 2.45) is 0 Å². The highest BCUT2D eigenvalue weighted by molar-refractivity contribution is 6.15. The lowest BCUT2D eigenvalue weighted by Crippen LogP contribution is -2.43. The van der Waals surface area contributed by atoms with Gasteiger partial charge in [-0.1, -0.05) is 18.2 Å². The van der Waals surface area contributed by atoms with Gasteiger partial charge in [-0.2, -0.15) is 0 Å². The highest BCUT2D eigenvalue weighted by atomic mass is 19.1. The summed E-state index contributed by atoms with van der Waals surface area (Å²) < 4.78 is 31.3. The molecule has 2 aromatic rings. The summed E-state index contributed by atoms with van der Waals surface area (Å²) in [5.74, 6) is 0.802. The molecule has 5 rings (SSSR count). The van der Waals surface area contributed by atoms with Gasteiger partial charge in [0.1, 0.15) is 24.0 Å². The number of hydrogen-bond acceptors (Lipinski definition) is 6. The minimum absolute atomic E-state index is 0.134. The smallest absolute Gasteiger partial charge is 0.231 e. The molecular formula is C24H25FN2O4. The monoisotopic (exact) mass is 424 g/mol. The van der Waals surface area contributed by atoms with Crippen LogP contribution >= 0.6 is 0 Å².